The lowest BCUT2D eigenvalue weighted by Crippen LogP contribution is -2.15. The molecule has 1 aliphatic rings. The van der Waals surface area contributed by atoms with E-state index in [9.17, 15) is 0 Å². The van der Waals surface area contributed by atoms with Crippen LogP contribution in [0.5, 0.6) is 0 Å². The fourth-order valence-corrected chi connectivity index (χ4v) is 1.34. The molecule has 0 unspecified atom stereocenters. The van der Waals surface area contributed by atoms with Crippen LogP contribution in [0.1, 0.15) is 48.0 Å². The molecule has 0 saturated heterocycles. The third-order valence-corrected chi connectivity index (χ3v) is 2.60. The molecule has 0 aromatic carbocycles. The lowest BCUT2D eigenvalue weighted by molar-refractivity contribution is 0.444. The monoisotopic (exact) mass is 166 g/mol. The molecule has 0 spiro atoms. The van der Waals surface area contributed by atoms with Gasteiger partial charge in [-0.25, -0.2) is 0 Å². The summed E-state index contributed by atoms with van der Waals surface area (Å²) in [6, 6.07) is 0. The van der Waals surface area contributed by atoms with E-state index in [1.165, 1.54) is 17.6 Å². The van der Waals surface area contributed by atoms with Crippen molar-refractivity contribution in [1.82, 2.24) is 0 Å². The van der Waals surface area contributed by atoms with Crippen molar-refractivity contribution in [3.63, 3.8) is 0 Å². The van der Waals surface area contributed by atoms with Gasteiger partial charge in [0.25, 0.3) is 0 Å². The van der Waals surface area contributed by atoms with Crippen molar-refractivity contribution in [2.45, 2.75) is 48.0 Å². The summed E-state index contributed by atoms with van der Waals surface area (Å²) in [6.07, 6.45) is 5.68. The van der Waals surface area contributed by atoms with Gasteiger partial charge in [-0.1, -0.05) is 51.0 Å². The average molecular weight is 166 g/mol. The fraction of sp³-hybridized carbons (Fsp3) is 0.667. The second-order valence-corrected chi connectivity index (χ2v) is 3.80. The maximum atomic E-state index is 2.30. The Balaban J connectivity index is 0.000000561. The van der Waals surface area contributed by atoms with E-state index in [0.29, 0.717) is 5.41 Å². The van der Waals surface area contributed by atoms with Crippen molar-refractivity contribution in [3.05, 3.63) is 23.3 Å². The molecule has 0 atom stereocenters. The molecule has 0 aliphatic heterocycles. The molecule has 70 valence electrons. The van der Waals surface area contributed by atoms with Crippen LogP contribution in [0, 0.1) is 5.41 Å². The number of rotatable bonds is 0. The van der Waals surface area contributed by atoms with Crippen molar-refractivity contribution >= 4 is 0 Å². The van der Waals surface area contributed by atoms with E-state index in [4.69, 9.17) is 0 Å². The Morgan fingerprint density at radius 2 is 1.67 bits per heavy atom. The predicted octanol–water partition coefficient (Wildman–Crippen LogP) is 4.34. The molecular formula is C12H22. The van der Waals surface area contributed by atoms with E-state index in [1.54, 1.807) is 0 Å². The van der Waals surface area contributed by atoms with E-state index in [0.717, 1.165) is 0 Å². The molecular weight excluding hydrogens is 144 g/mol. The van der Waals surface area contributed by atoms with Crippen LogP contribution in [0.4, 0.5) is 0 Å². The zero-order valence-electron chi connectivity index (χ0n) is 9.36. The normalized spacial score (nSPS) is 20.2. The topological polar surface area (TPSA) is 0 Å². The molecule has 0 amide bonds. The standard InChI is InChI=1S/C10H16.C2H6/c1-8-6-5-7-10(3,4)9(8)2;1-2/h5-6H,7H2,1-4H3;1-2H3. The van der Waals surface area contributed by atoms with Gasteiger partial charge < -0.3 is 0 Å². The first-order chi connectivity index (χ1) is 5.54. The van der Waals surface area contributed by atoms with Gasteiger partial charge in [0, 0.05) is 0 Å². The molecule has 0 fully saturated rings. The van der Waals surface area contributed by atoms with Gasteiger partial charge in [0.15, 0.2) is 0 Å². The third kappa shape index (κ3) is 2.51. The highest BCUT2D eigenvalue weighted by molar-refractivity contribution is 5.31. The fourth-order valence-electron chi connectivity index (χ4n) is 1.34. The summed E-state index contributed by atoms with van der Waals surface area (Å²) in [6.45, 7) is 13.0. The highest BCUT2D eigenvalue weighted by Crippen LogP contribution is 2.35. The summed E-state index contributed by atoms with van der Waals surface area (Å²) in [5, 5.41) is 0. The smallest absolute Gasteiger partial charge is 0.0107 e. The maximum absolute atomic E-state index is 2.30. The van der Waals surface area contributed by atoms with E-state index < -0.39 is 0 Å². The second kappa shape index (κ2) is 4.49. The molecule has 0 nitrogen and oxygen atoms in total. The van der Waals surface area contributed by atoms with Crippen LogP contribution in [0.2, 0.25) is 0 Å². The van der Waals surface area contributed by atoms with Crippen molar-refractivity contribution in [1.29, 1.82) is 0 Å². The Kier molecular flexibility index (Phi) is 4.30. The molecule has 0 heterocycles. The van der Waals surface area contributed by atoms with Gasteiger partial charge in [0.2, 0.25) is 0 Å². The largest absolute Gasteiger partial charge is 0.0834 e. The van der Waals surface area contributed by atoms with Crippen LogP contribution in [0.25, 0.3) is 0 Å². The van der Waals surface area contributed by atoms with Crippen molar-refractivity contribution in [3.8, 4) is 0 Å². The summed E-state index contributed by atoms with van der Waals surface area (Å²) in [5.41, 5.74) is 3.38. The van der Waals surface area contributed by atoms with Crippen LogP contribution < -0.4 is 0 Å². The minimum atomic E-state index is 0.402. The van der Waals surface area contributed by atoms with Gasteiger partial charge in [0.05, 0.1) is 0 Å². The molecule has 0 radical (unpaired) electrons. The SMILES string of the molecule is CC.CC1=C(C)C(C)(C)CC=C1. The van der Waals surface area contributed by atoms with Crippen LogP contribution in [0.3, 0.4) is 0 Å². The molecule has 1 aliphatic carbocycles. The molecule has 0 saturated carbocycles. The average Bonchev–Trinajstić information content (AvgIpc) is 2.04. The maximum Gasteiger partial charge on any atom is -0.0107 e. The number of hydrogen-bond acceptors (Lipinski definition) is 0. The summed E-state index contributed by atoms with van der Waals surface area (Å²) < 4.78 is 0. The van der Waals surface area contributed by atoms with Gasteiger partial charge in [-0.15, -0.1) is 0 Å². The first kappa shape index (κ1) is 11.5. The zero-order chi connectivity index (χ0) is 9.78. The quantitative estimate of drug-likeness (QED) is 0.502. The van der Waals surface area contributed by atoms with Gasteiger partial charge in [-0.05, 0) is 25.7 Å². The van der Waals surface area contributed by atoms with Crippen molar-refractivity contribution in [2.24, 2.45) is 5.41 Å². The molecule has 1 rings (SSSR count). The molecule has 0 bridgehead atoms. The minimum absolute atomic E-state index is 0.402. The lowest BCUT2D eigenvalue weighted by Gasteiger charge is -2.28. The Hall–Kier alpha value is -0.520. The minimum Gasteiger partial charge on any atom is -0.0834 e. The molecule has 0 heteroatoms. The third-order valence-electron chi connectivity index (χ3n) is 2.60. The summed E-state index contributed by atoms with van der Waals surface area (Å²) in [7, 11) is 0. The first-order valence-electron chi connectivity index (χ1n) is 4.88. The molecule has 0 aromatic heterocycles. The number of hydrogen-bond donors (Lipinski definition) is 0. The lowest BCUT2D eigenvalue weighted by atomic mass is 9.77. The van der Waals surface area contributed by atoms with Crippen LogP contribution in [-0.4, -0.2) is 0 Å². The van der Waals surface area contributed by atoms with Crippen LogP contribution >= 0.6 is 0 Å². The van der Waals surface area contributed by atoms with E-state index in [1.807, 2.05) is 13.8 Å². The Bertz CT molecular complexity index is 192. The van der Waals surface area contributed by atoms with Crippen molar-refractivity contribution < 1.29 is 0 Å². The second-order valence-electron chi connectivity index (χ2n) is 3.80. The zero-order valence-corrected chi connectivity index (χ0v) is 9.36. The van der Waals surface area contributed by atoms with Crippen LogP contribution in [0.15, 0.2) is 23.3 Å². The summed E-state index contributed by atoms with van der Waals surface area (Å²) in [5.74, 6) is 0. The Labute approximate surface area is 77.4 Å². The van der Waals surface area contributed by atoms with E-state index in [2.05, 4.69) is 39.8 Å². The highest BCUT2D eigenvalue weighted by atomic mass is 14.3. The highest BCUT2D eigenvalue weighted by Gasteiger charge is 2.21. The van der Waals surface area contributed by atoms with Gasteiger partial charge in [0.1, 0.15) is 0 Å². The molecule has 0 aromatic rings. The Morgan fingerprint density at radius 3 is 2.00 bits per heavy atom. The first-order valence-corrected chi connectivity index (χ1v) is 4.88. The Morgan fingerprint density at radius 1 is 1.17 bits per heavy atom. The van der Waals surface area contributed by atoms with Gasteiger partial charge in [-0.2, -0.15) is 0 Å². The van der Waals surface area contributed by atoms with Crippen LogP contribution in [-0.2, 0) is 0 Å². The van der Waals surface area contributed by atoms with E-state index >= 15 is 0 Å². The summed E-state index contributed by atoms with van der Waals surface area (Å²) in [4.78, 5) is 0. The van der Waals surface area contributed by atoms with Gasteiger partial charge in [-0.3, -0.25) is 0 Å². The number of allylic oxidation sites excluding steroid dienone is 4. The predicted molar refractivity (Wildman–Crippen MR) is 57.3 cm³/mol. The summed E-state index contributed by atoms with van der Waals surface area (Å²) >= 11 is 0. The molecule has 0 N–H and O–H groups in total. The van der Waals surface area contributed by atoms with E-state index in [-0.39, 0.29) is 0 Å². The molecule has 12 heavy (non-hydrogen) atoms. The van der Waals surface area contributed by atoms with Crippen molar-refractivity contribution in [2.75, 3.05) is 0 Å². The van der Waals surface area contributed by atoms with Gasteiger partial charge >= 0.3 is 0 Å².